The molecule has 0 bridgehead atoms. The standard InChI is InChI=1S/C20H28N4O/c1-5-25-20-8-6-19(7-9-20)24-16(2)14-18(17(24)3)15-21-23-12-10-22(4)11-13-23/h6-9,14-15H,5,10-13H2,1-4H3/b21-15-. The molecule has 25 heavy (non-hydrogen) atoms. The molecular weight excluding hydrogens is 312 g/mol. The molecule has 3 rings (SSSR count). The second-order valence-electron chi connectivity index (χ2n) is 6.59. The molecule has 0 amide bonds. The molecule has 0 saturated carbocycles. The Labute approximate surface area is 150 Å². The van der Waals surface area contributed by atoms with Crippen LogP contribution in [0.5, 0.6) is 5.75 Å². The summed E-state index contributed by atoms with van der Waals surface area (Å²) in [4.78, 5) is 2.34. The summed E-state index contributed by atoms with van der Waals surface area (Å²) in [6.07, 6.45) is 2.00. The maximum atomic E-state index is 5.54. The highest BCUT2D eigenvalue weighted by molar-refractivity contribution is 5.82. The number of hydrogen-bond donors (Lipinski definition) is 0. The lowest BCUT2D eigenvalue weighted by Crippen LogP contribution is -2.41. The van der Waals surface area contributed by atoms with Crippen LogP contribution in [-0.2, 0) is 0 Å². The number of benzene rings is 1. The number of rotatable bonds is 5. The van der Waals surface area contributed by atoms with E-state index in [1.54, 1.807) is 0 Å². The van der Waals surface area contributed by atoms with Gasteiger partial charge in [-0.2, -0.15) is 5.10 Å². The van der Waals surface area contributed by atoms with Gasteiger partial charge in [0.15, 0.2) is 0 Å². The van der Waals surface area contributed by atoms with Gasteiger partial charge in [0.1, 0.15) is 5.75 Å². The number of ether oxygens (including phenoxy) is 1. The van der Waals surface area contributed by atoms with Crippen LogP contribution < -0.4 is 4.74 Å². The monoisotopic (exact) mass is 340 g/mol. The van der Waals surface area contributed by atoms with Gasteiger partial charge in [0.25, 0.3) is 0 Å². The summed E-state index contributed by atoms with van der Waals surface area (Å²) in [5.74, 6) is 0.908. The van der Waals surface area contributed by atoms with Crippen molar-refractivity contribution < 1.29 is 4.74 Å². The van der Waals surface area contributed by atoms with E-state index in [2.05, 4.69) is 58.7 Å². The van der Waals surface area contributed by atoms with Crippen molar-refractivity contribution in [1.82, 2.24) is 14.5 Å². The zero-order chi connectivity index (χ0) is 17.8. The van der Waals surface area contributed by atoms with Crippen LogP contribution in [0.3, 0.4) is 0 Å². The van der Waals surface area contributed by atoms with Crippen molar-refractivity contribution >= 4 is 6.21 Å². The fourth-order valence-electron chi connectivity index (χ4n) is 3.23. The zero-order valence-corrected chi connectivity index (χ0v) is 15.7. The average Bonchev–Trinajstić information content (AvgIpc) is 2.89. The van der Waals surface area contributed by atoms with Gasteiger partial charge in [-0.1, -0.05) is 0 Å². The number of aromatic nitrogens is 1. The first kappa shape index (κ1) is 17.5. The van der Waals surface area contributed by atoms with Gasteiger partial charge in [0.2, 0.25) is 0 Å². The van der Waals surface area contributed by atoms with Crippen molar-refractivity contribution in [3.05, 3.63) is 47.3 Å². The molecule has 5 nitrogen and oxygen atoms in total. The van der Waals surface area contributed by atoms with Gasteiger partial charge in [-0.15, -0.1) is 0 Å². The van der Waals surface area contributed by atoms with Crippen LogP contribution in [0.1, 0.15) is 23.9 Å². The molecule has 0 atom stereocenters. The summed E-state index contributed by atoms with van der Waals surface area (Å²) in [7, 11) is 2.16. The maximum absolute atomic E-state index is 5.54. The van der Waals surface area contributed by atoms with Crippen molar-refractivity contribution in [2.75, 3.05) is 39.8 Å². The van der Waals surface area contributed by atoms with E-state index in [1.807, 2.05) is 25.3 Å². The molecule has 0 N–H and O–H groups in total. The molecule has 1 aromatic heterocycles. The van der Waals surface area contributed by atoms with Gasteiger partial charge in [-0.25, -0.2) is 0 Å². The summed E-state index contributed by atoms with van der Waals surface area (Å²) in [6.45, 7) is 11.1. The largest absolute Gasteiger partial charge is 0.494 e. The van der Waals surface area contributed by atoms with E-state index < -0.39 is 0 Å². The van der Waals surface area contributed by atoms with Crippen molar-refractivity contribution in [3.63, 3.8) is 0 Å². The molecule has 0 unspecified atom stereocenters. The Morgan fingerprint density at radius 1 is 1.08 bits per heavy atom. The minimum atomic E-state index is 0.688. The van der Waals surface area contributed by atoms with Gasteiger partial charge in [0.05, 0.1) is 12.8 Å². The Morgan fingerprint density at radius 3 is 2.40 bits per heavy atom. The second-order valence-corrected chi connectivity index (χ2v) is 6.59. The Kier molecular flexibility index (Phi) is 5.43. The van der Waals surface area contributed by atoms with E-state index in [4.69, 9.17) is 4.74 Å². The average molecular weight is 340 g/mol. The van der Waals surface area contributed by atoms with Crippen LogP contribution in [-0.4, -0.2) is 60.5 Å². The topological polar surface area (TPSA) is 33.0 Å². The first-order valence-corrected chi connectivity index (χ1v) is 8.98. The number of likely N-dealkylation sites (N-methyl/N-ethyl adjacent to an activating group) is 1. The molecular formula is C20H28N4O. The quantitative estimate of drug-likeness (QED) is 0.784. The highest BCUT2D eigenvalue weighted by Crippen LogP contribution is 2.22. The molecule has 0 aliphatic carbocycles. The van der Waals surface area contributed by atoms with Gasteiger partial charge >= 0.3 is 0 Å². The normalized spacial score (nSPS) is 15.9. The molecule has 1 saturated heterocycles. The number of nitrogens with zero attached hydrogens (tertiary/aromatic N) is 4. The van der Waals surface area contributed by atoms with E-state index >= 15 is 0 Å². The van der Waals surface area contributed by atoms with Gasteiger partial charge < -0.3 is 14.2 Å². The molecule has 1 fully saturated rings. The summed E-state index contributed by atoms with van der Waals surface area (Å²) in [5, 5.41) is 6.84. The molecule has 0 spiro atoms. The van der Waals surface area contributed by atoms with E-state index in [0.29, 0.717) is 6.61 Å². The molecule has 1 aliphatic heterocycles. The molecule has 1 aliphatic rings. The first-order valence-electron chi connectivity index (χ1n) is 8.98. The minimum Gasteiger partial charge on any atom is -0.494 e. The highest BCUT2D eigenvalue weighted by atomic mass is 16.5. The van der Waals surface area contributed by atoms with Crippen LogP contribution in [0, 0.1) is 13.8 Å². The SMILES string of the molecule is CCOc1ccc(-n2c(C)cc(/C=N\N3CCN(C)CC3)c2C)cc1. The molecule has 5 heteroatoms. The second kappa shape index (κ2) is 7.74. The fourth-order valence-corrected chi connectivity index (χ4v) is 3.23. The lowest BCUT2D eigenvalue weighted by Gasteiger charge is -2.30. The molecule has 134 valence electrons. The summed E-state index contributed by atoms with van der Waals surface area (Å²) in [5.41, 5.74) is 4.74. The van der Waals surface area contributed by atoms with E-state index in [9.17, 15) is 0 Å². The summed E-state index contributed by atoms with van der Waals surface area (Å²) < 4.78 is 7.80. The Balaban J connectivity index is 1.78. The van der Waals surface area contributed by atoms with E-state index in [-0.39, 0.29) is 0 Å². The lowest BCUT2D eigenvalue weighted by molar-refractivity contribution is 0.159. The third-order valence-electron chi connectivity index (χ3n) is 4.72. The number of hydrazone groups is 1. The predicted octanol–water partition coefficient (Wildman–Crippen LogP) is 3.07. The third-order valence-corrected chi connectivity index (χ3v) is 4.72. The Morgan fingerprint density at radius 2 is 1.76 bits per heavy atom. The van der Waals surface area contributed by atoms with Crippen molar-refractivity contribution in [1.29, 1.82) is 0 Å². The van der Waals surface area contributed by atoms with Gasteiger partial charge in [0, 0.05) is 48.8 Å². The maximum Gasteiger partial charge on any atom is 0.119 e. The fraction of sp³-hybridized carbons (Fsp3) is 0.450. The smallest absolute Gasteiger partial charge is 0.119 e. The summed E-state index contributed by atoms with van der Waals surface area (Å²) >= 11 is 0. The van der Waals surface area contributed by atoms with Gasteiger partial charge in [-0.3, -0.25) is 5.01 Å². The van der Waals surface area contributed by atoms with Crippen molar-refractivity contribution in [3.8, 4) is 11.4 Å². The van der Waals surface area contributed by atoms with Gasteiger partial charge in [-0.05, 0) is 58.2 Å². The zero-order valence-electron chi connectivity index (χ0n) is 15.7. The van der Waals surface area contributed by atoms with E-state index in [0.717, 1.165) is 37.6 Å². The number of aryl methyl sites for hydroxylation is 1. The minimum absolute atomic E-state index is 0.688. The van der Waals surface area contributed by atoms with Crippen LogP contribution in [0.2, 0.25) is 0 Å². The number of piperazine rings is 1. The molecule has 2 aromatic rings. The number of hydrogen-bond acceptors (Lipinski definition) is 4. The Bertz CT molecular complexity index is 725. The van der Waals surface area contributed by atoms with Crippen molar-refractivity contribution in [2.45, 2.75) is 20.8 Å². The van der Waals surface area contributed by atoms with E-state index in [1.165, 1.54) is 17.0 Å². The van der Waals surface area contributed by atoms with Crippen LogP contribution in [0.25, 0.3) is 5.69 Å². The summed E-state index contributed by atoms with van der Waals surface area (Å²) in [6, 6.07) is 10.5. The predicted molar refractivity (Wildman–Crippen MR) is 103 cm³/mol. The molecule has 0 radical (unpaired) electrons. The highest BCUT2D eigenvalue weighted by Gasteiger charge is 2.13. The third kappa shape index (κ3) is 4.04. The van der Waals surface area contributed by atoms with Crippen LogP contribution in [0.4, 0.5) is 0 Å². The van der Waals surface area contributed by atoms with Crippen molar-refractivity contribution in [2.24, 2.45) is 5.10 Å². The van der Waals surface area contributed by atoms with Crippen LogP contribution >= 0.6 is 0 Å². The lowest BCUT2D eigenvalue weighted by atomic mass is 10.2. The molecule has 1 aromatic carbocycles. The Hall–Kier alpha value is -2.27. The molecule has 2 heterocycles. The first-order chi connectivity index (χ1) is 12.1. The van der Waals surface area contributed by atoms with Crippen LogP contribution in [0.15, 0.2) is 35.4 Å².